The van der Waals surface area contributed by atoms with Crippen LogP contribution in [0.3, 0.4) is 0 Å². The normalized spacial score (nSPS) is 18.5. The van der Waals surface area contributed by atoms with Gasteiger partial charge in [0.1, 0.15) is 11.6 Å². The van der Waals surface area contributed by atoms with E-state index < -0.39 is 29.2 Å². The first kappa shape index (κ1) is 25.8. The summed E-state index contributed by atoms with van der Waals surface area (Å²) >= 11 is 0. The average Bonchev–Trinajstić information content (AvgIpc) is 2.87. The van der Waals surface area contributed by atoms with Gasteiger partial charge in [-0.1, -0.05) is 43.3 Å². The number of carbonyl (C=O) groups excluding carboxylic acids is 1. The van der Waals surface area contributed by atoms with Crippen molar-refractivity contribution >= 4 is 5.97 Å². The summed E-state index contributed by atoms with van der Waals surface area (Å²) in [5, 5.41) is 0. The molecular weight excluding hydrogens is 465 g/mol. The molecule has 0 saturated heterocycles. The molecule has 3 nitrogen and oxygen atoms in total. The third-order valence-corrected chi connectivity index (χ3v) is 7.06. The number of carbonyl (C=O) groups is 1. The molecule has 1 saturated carbocycles. The summed E-state index contributed by atoms with van der Waals surface area (Å²) in [5.41, 5.74) is 1.94. The molecule has 0 spiro atoms. The minimum atomic E-state index is -1.01. The fraction of sp³-hybridized carbons (Fsp3) is 0.367. The van der Waals surface area contributed by atoms with Gasteiger partial charge in [-0.2, -0.15) is 0 Å². The molecule has 6 heteroatoms. The van der Waals surface area contributed by atoms with Crippen molar-refractivity contribution in [1.82, 2.24) is 0 Å². The molecule has 0 radical (unpaired) electrons. The summed E-state index contributed by atoms with van der Waals surface area (Å²) < 4.78 is 52.9. The van der Waals surface area contributed by atoms with Gasteiger partial charge in [-0.15, -0.1) is 0 Å². The van der Waals surface area contributed by atoms with Crippen LogP contribution < -0.4 is 9.47 Å². The van der Waals surface area contributed by atoms with Gasteiger partial charge in [-0.25, -0.2) is 18.0 Å². The van der Waals surface area contributed by atoms with Crippen LogP contribution in [0, 0.1) is 23.4 Å². The van der Waals surface area contributed by atoms with E-state index in [2.05, 4.69) is 31.2 Å². The van der Waals surface area contributed by atoms with E-state index in [-0.39, 0.29) is 23.8 Å². The Kier molecular flexibility index (Phi) is 8.34. The molecule has 0 bridgehead atoms. The molecule has 4 rings (SSSR count). The Balaban J connectivity index is 1.35. The molecule has 0 heterocycles. The van der Waals surface area contributed by atoms with E-state index in [9.17, 15) is 18.0 Å². The Morgan fingerprint density at radius 2 is 1.58 bits per heavy atom. The van der Waals surface area contributed by atoms with Gasteiger partial charge >= 0.3 is 5.97 Å². The van der Waals surface area contributed by atoms with Crippen molar-refractivity contribution < 1.29 is 27.4 Å². The SMILES string of the molecule is CCOc1c(F)cc(OC(=O)c2ccc(C3CCC(C[C@@H](C)c4ccccc4)CC3)cc2F)cc1F. The summed E-state index contributed by atoms with van der Waals surface area (Å²) in [5.74, 6) is -3.22. The lowest BCUT2D eigenvalue weighted by molar-refractivity contribution is 0.0728. The van der Waals surface area contributed by atoms with Crippen molar-refractivity contribution in [2.24, 2.45) is 5.92 Å². The van der Waals surface area contributed by atoms with Crippen LogP contribution in [-0.4, -0.2) is 12.6 Å². The topological polar surface area (TPSA) is 35.5 Å². The Labute approximate surface area is 210 Å². The van der Waals surface area contributed by atoms with Crippen LogP contribution in [0.25, 0.3) is 0 Å². The average molecular weight is 497 g/mol. The number of esters is 1. The monoisotopic (exact) mass is 496 g/mol. The van der Waals surface area contributed by atoms with E-state index >= 15 is 0 Å². The lowest BCUT2D eigenvalue weighted by Crippen LogP contribution is -2.16. The molecule has 0 N–H and O–H groups in total. The number of benzene rings is 3. The van der Waals surface area contributed by atoms with Crippen molar-refractivity contribution in [2.45, 2.75) is 57.8 Å². The van der Waals surface area contributed by atoms with Crippen molar-refractivity contribution in [3.05, 3.63) is 94.8 Å². The highest BCUT2D eigenvalue weighted by Gasteiger charge is 2.26. The quantitative estimate of drug-likeness (QED) is 0.233. The molecular formula is C30H31F3O3. The van der Waals surface area contributed by atoms with Gasteiger partial charge in [-0.05, 0) is 80.0 Å². The van der Waals surface area contributed by atoms with Crippen molar-refractivity contribution in [3.63, 3.8) is 0 Å². The highest BCUT2D eigenvalue weighted by atomic mass is 19.1. The molecule has 3 aromatic rings. The second kappa shape index (κ2) is 11.6. The fourth-order valence-electron chi connectivity index (χ4n) is 5.14. The predicted octanol–water partition coefficient (Wildman–Crippen LogP) is 8.19. The lowest BCUT2D eigenvalue weighted by Gasteiger charge is -2.30. The van der Waals surface area contributed by atoms with Crippen LogP contribution in [-0.2, 0) is 0 Å². The molecule has 0 aromatic heterocycles. The maximum Gasteiger partial charge on any atom is 0.346 e. The van der Waals surface area contributed by atoms with Crippen molar-refractivity contribution in [2.75, 3.05) is 6.61 Å². The second-order valence-corrected chi connectivity index (χ2v) is 9.54. The third kappa shape index (κ3) is 6.10. The molecule has 0 aliphatic heterocycles. The smallest absolute Gasteiger partial charge is 0.346 e. The first-order valence-electron chi connectivity index (χ1n) is 12.5. The number of halogens is 3. The summed E-state index contributed by atoms with van der Waals surface area (Å²) in [6, 6.07) is 16.7. The van der Waals surface area contributed by atoms with Crippen LogP contribution in [0.15, 0.2) is 60.7 Å². The van der Waals surface area contributed by atoms with Gasteiger partial charge in [0.15, 0.2) is 17.4 Å². The molecule has 1 aliphatic carbocycles. The Morgan fingerprint density at radius 3 is 2.19 bits per heavy atom. The van der Waals surface area contributed by atoms with E-state index in [0.29, 0.717) is 11.8 Å². The summed E-state index contributed by atoms with van der Waals surface area (Å²) in [7, 11) is 0. The number of hydrogen-bond acceptors (Lipinski definition) is 3. The number of hydrogen-bond donors (Lipinski definition) is 0. The van der Waals surface area contributed by atoms with Crippen LogP contribution in [0.1, 0.15) is 79.3 Å². The molecule has 36 heavy (non-hydrogen) atoms. The Bertz CT molecular complexity index is 1160. The fourth-order valence-corrected chi connectivity index (χ4v) is 5.14. The number of rotatable bonds is 8. The van der Waals surface area contributed by atoms with E-state index in [0.717, 1.165) is 49.8 Å². The van der Waals surface area contributed by atoms with E-state index in [4.69, 9.17) is 9.47 Å². The summed E-state index contributed by atoms with van der Waals surface area (Å²) in [4.78, 5) is 12.5. The predicted molar refractivity (Wildman–Crippen MR) is 133 cm³/mol. The second-order valence-electron chi connectivity index (χ2n) is 9.54. The van der Waals surface area contributed by atoms with Gasteiger partial charge in [-0.3, -0.25) is 0 Å². The van der Waals surface area contributed by atoms with Crippen LogP contribution >= 0.6 is 0 Å². The van der Waals surface area contributed by atoms with Gasteiger partial charge in [0.05, 0.1) is 12.2 Å². The molecule has 0 unspecified atom stereocenters. The van der Waals surface area contributed by atoms with E-state index in [1.165, 1.54) is 17.7 Å². The maximum atomic E-state index is 14.8. The van der Waals surface area contributed by atoms with Gasteiger partial charge < -0.3 is 9.47 Å². The van der Waals surface area contributed by atoms with Crippen LogP contribution in [0.2, 0.25) is 0 Å². The largest absolute Gasteiger partial charge is 0.488 e. The zero-order valence-electron chi connectivity index (χ0n) is 20.6. The highest BCUT2D eigenvalue weighted by Crippen LogP contribution is 2.40. The first-order valence-corrected chi connectivity index (χ1v) is 12.5. The third-order valence-electron chi connectivity index (χ3n) is 7.06. The van der Waals surface area contributed by atoms with E-state index in [1.54, 1.807) is 13.0 Å². The summed E-state index contributed by atoms with van der Waals surface area (Å²) in [6.45, 7) is 3.95. The molecule has 1 atom stereocenters. The minimum Gasteiger partial charge on any atom is -0.488 e. The van der Waals surface area contributed by atoms with Gasteiger partial charge in [0.25, 0.3) is 0 Å². The zero-order valence-corrected chi connectivity index (χ0v) is 20.6. The van der Waals surface area contributed by atoms with Crippen molar-refractivity contribution in [1.29, 1.82) is 0 Å². The van der Waals surface area contributed by atoms with Crippen molar-refractivity contribution in [3.8, 4) is 11.5 Å². The number of ether oxygens (including phenoxy) is 2. The molecule has 1 aliphatic rings. The van der Waals surface area contributed by atoms with E-state index in [1.807, 2.05) is 6.07 Å². The molecule has 1 fully saturated rings. The van der Waals surface area contributed by atoms with Gasteiger partial charge in [0, 0.05) is 12.1 Å². The van der Waals surface area contributed by atoms with Gasteiger partial charge in [0.2, 0.25) is 0 Å². The Morgan fingerprint density at radius 1 is 0.917 bits per heavy atom. The van der Waals surface area contributed by atoms with Crippen LogP contribution in [0.4, 0.5) is 13.2 Å². The lowest BCUT2D eigenvalue weighted by atomic mass is 9.75. The zero-order chi connectivity index (χ0) is 25.7. The Hall–Kier alpha value is -3.28. The molecule has 190 valence electrons. The molecule has 0 amide bonds. The minimum absolute atomic E-state index is 0.0823. The molecule has 3 aromatic carbocycles. The summed E-state index contributed by atoms with van der Waals surface area (Å²) in [6.07, 6.45) is 5.26. The van der Waals surface area contributed by atoms with Crippen LogP contribution in [0.5, 0.6) is 11.5 Å². The first-order chi connectivity index (χ1) is 17.4. The standard InChI is InChI=1S/C30H31F3O3/c1-3-35-29-27(32)17-24(18-28(29)33)36-30(34)25-14-13-23(16-26(25)31)22-11-9-20(10-12-22)15-19(2)21-7-5-4-6-8-21/h4-8,13-14,16-20,22H,3,9-12,15H2,1-2H3/t19-,20?,22?/m1/s1. The highest BCUT2D eigenvalue weighted by molar-refractivity contribution is 5.91. The maximum absolute atomic E-state index is 14.8.